The second-order valence-electron chi connectivity index (χ2n) is 2.55. The minimum Gasteiger partial charge on any atom is -0.396 e. The van der Waals surface area contributed by atoms with Crippen LogP contribution in [0.3, 0.4) is 0 Å². The zero-order chi connectivity index (χ0) is 10.7. The summed E-state index contributed by atoms with van der Waals surface area (Å²) >= 11 is 5.52. The lowest BCUT2D eigenvalue weighted by Crippen LogP contribution is -2.01. The van der Waals surface area contributed by atoms with Gasteiger partial charge in [-0.25, -0.2) is 13.8 Å². The number of alkyl halides is 2. The lowest BCUT2D eigenvalue weighted by atomic mass is 10.1. The second kappa shape index (κ2) is 4.20. The molecule has 0 spiro atoms. The fraction of sp³-hybridized carbons (Fsp3) is 0.250. The summed E-state index contributed by atoms with van der Waals surface area (Å²) in [5, 5.41) is 8.22. The van der Waals surface area contributed by atoms with Crippen molar-refractivity contribution in [3.05, 3.63) is 22.5 Å². The molecule has 1 aromatic rings. The Balaban J connectivity index is 3.22. The van der Waals surface area contributed by atoms with Gasteiger partial charge < -0.3 is 5.73 Å². The third-order valence-electron chi connectivity index (χ3n) is 1.61. The Kier molecular flexibility index (Phi) is 3.20. The number of halogens is 3. The Morgan fingerprint density at radius 1 is 1.64 bits per heavy atom. The maximum absolute atomic E-state index is 12.3. The van der Waals surface area contributed by atoms with Crippen LogP contribution in [-0.4, -0.2) is 4.98 Å². The lowest BCUT2D eigenvalue weighted by Gasteiger charge is -2.06. The van der Waals surface area contributed by atoms with Gasteiger partial charge in [-0.1, -0.05) is 11.6 Å². The van der Waals surface area contributed by atoms with E-state index >= 15 is 0 Å². The number of nitriles is 1. The van der Waals surface area contributed by atoms with Crippen molar-refractivity contribution in [2.45, 2.75) is 12.8 Å². The molecule has 3 nitrogen and oxygen atoms in total. The molecule has 0 aliphatic carbocycles. The fourth-order valence-electron chi connectivity index (χ4n) is 0.938. The normalized spacial score (nSPS) is 10.2. The van der Waals surface area contributed by atoms with Gasteiger partial charge >= 0.3 is 0 Å². The van der Waals surface area contributed by atoms with E-state index in [2.05, 4.69) is 4.98 Å². The highest BCUT2D eigenvalue weighted by molar-refractivity contribution is 6.32. The van der Waals surface area contributed by atoms with Gasteiger partial charge in [-0.3, -0.25) is 0 Å². The van der Waals surface area contributed by atoms with Crippen LogP contribution in [0.15, 0.2) is 6.07 Å². The molecule has 0 saturated carbocycles. The average molecular weight is 218 g/mol. The summed E-state index contributed by atoms with van der Waals surface area (Å²) in [6.45, 7) is 0. The van der Waals surface area contributed by atoms with Crippen molar-refractivity contribution in [1.29, 1.82) is 5.26 Å². The predicted octanol–water partition coefficient (Wildman–Crippen LogP) is 2.32. The first kappa shape index (κ1) is 10.7. The molecule has 0 unspecified atom stereocenters. The lowest BCUT2D eigenvalue weighted by molar-refractivity contribution is 0.146. The van der Waals surface area contributed by atoms with Crippen LogP contribution in [0, 0.1) is 11.3 Å². The van der Waals surface area contributed by atoms with Crippen LogP contribution >= 0.6 is 11.6 Å². The smallest absolute Gasteiger partial charge is 0.280 e. The van der Waals surface area contributed by atoms with Crippen molar-refractivity contribution in [1.82, 2.24) is 4.98 Å². The SMILES string of the molecule is N#CCc1cc(C(F)F)nc(Cl)c1N. The predicted molar refractivity (Wildman–Crippen MR) is 47.9 cm³/mol. The fourth-order valence-corrected chi connectivity index (χ4v) is 1.16. The van der Waals surface area contributed by atoms with E-state index in [0.29, 0.717) is 0 Å². The van der Waals surface area contributed by atoms with Crippen LogP contribution in [0.4, 0.5) is 14.5 Å². The van der Waals surface area contributed by atoms with E-state index in [1.165, 1.54) is 0 Å². The highest BCUT2D eigenvalue weighted by atomic mass is 35.5. The number of nitrogens with zero attached hydrogens (tertiary/aromatic N) is 2. The van der Waals surface area contributed by atoms with E-state index < -0.39 is 12.1 Å². The molecule has 0 radical (unpaired) electrons. The molecule has 0 saturated heterocycles. The van der Waals surface area contributed by atoms with Gasteiger partial charge in [0.05, 0.1) is 18.2 Å². The molecule has 0 aliphatic heterocycles. The summed E-state index contributed by atoms with van der Waals surface area (Å²) < 4.78 is 24.5. The molecule has 1 rings (SSSR count). The molecule has 0 bridgehead atoms. The van der Waals surface area contributed by atoms with Crippen molar-refractivity contribution < 1.29 is 8.78 Å². The summed E-state index contributed by atoms with van der Waals surface area (Å²) in [5.41, 5.74) is 5.35. The van der Waals surface area contributed by atoms with E-state index in [1.807, 2.05) is 0 Å². The Morgan fingerprint density at radius 3 is 2.79 bits per heavy atom. The number of nitrogen functional groups attached to an aromatic ring is 1. The topological polar surface area (TPSA) is 62.7 Å². The molecule has 0 aliphatic rings. The number of hydrogen-bond donors (Lipinski definition) is 1. The van der Waals surface area contributed by atoms with Gasteiger partial charge in [0.1, 0.15) is 5.69 Å². The van der Waals surface area contributed by atoms with E-state index in [9.17, 15) is 8.78 Å². The highest BCUT2D eigenvalue weighted by Crippen LogP contribution is 2.26. The number of aromatic nitrogens is 1. The molecule has 1 aromatic heterocycles. The van der Waals surface area contributed by atoms with Crippen LogP contribution in [0.2, 0.25) is 5.15 Å². The molecule has 14 heavy (non-hydrogen) atoms. The molecular formula is C8H6ClF2N3. The molecule has 0 fully saturated rings. The number of anilines is 1. The zero-order valence-corrected chi connectivity index (χ0v) is 7.72. The van der Waals surface area contributed by atoms with Gasteiger partial charge in [0, 0.05) is 0 Å². The van der Waals surface area contributed by atoms with Crippen LogP contribution in [0.1, 0.15) is 17.7 Å². The third-order valence-corrected chi connectivity index (χ3v) is 1.90. The third kappa shape index (κ3) is 2.09. The Hall–Kier alpha value is -1.41. The van der Waals surface area contributed by atoms with Gasteiger partial charge in [-0.15, -0.1) is 0 Å². The minimum atomic E-state index is -2.72. The number of hydrogen-bond acceptors (Lipinski definition) is 3. The molecule has 74 valence electrons. The largest absolute Gasteiger partial charge is 0.396 e. The maximum atomic E-state index is 12.3. The number of nitrogens with two attached hydrogens (primary N) is 1. The Labute approximate surface area is 84.1 Å². The van der Waals surface area contributed by atoms with E-state index in [0.717, 1.165) is 6.07 Å². The monoisotopic (exact) mass is 217 g/mol. The summed E-state index contributed by atoms with van der Waals surface area (Å²) in [7, 11) is 0. The van der Waals surface area contributed by atoms with E-state index in [-0.39, 0.29) is 22.8 Å². The summed E-state index contributed by atoms with van der Waals surface area (Å²) in [4.78, 5) is 3.40. The van der Waals surface area contributed by atoms with Crippen LogP contribution in [0.25, 0.3) is 0 Å². The summed E-state index contributed by atoms with van der Waals surface area (Å²) in [6, 6.07) is 2.90. The average Bonchev–Trinajstić information content (AvgIpc) is 2.12. The maximum Gasteiger partial charge on any atom is 0.280 e. The summed E-state index contributed by atoms with van der Waals surface area (Å²) in [6.07, 6.45) is -2.78. The Morgan fingerprint density at radius 2 is 2.29 bits per heavy atom. The molecule has 2 N–H and O–H groups in total. The second-order valence-corrected chi connectivity index (χ2v) is 2.90. The van der Waals surface area contributed by atoms with Crippen molar-refractivity contribution in [3.8, 4) is 6.07 Å². The first-order valence-electron chi connectivity index (χ1n) is 3.66. The molecule has 1 heterocycles. The van der Waals surface area contributed by atoms with Gasteiger partial charge in [0.25, 0.3) is 6.43 Å². The molecule has 0 aromatic carbocycles. The summed E-state index contributed by atoms with van der Waals surface area (Å²) in [5.74, 6) is 0. The Bertz CT molecular complexity index is 387. The minimum absolute atomic E-state index is 0.0617. The van der Waals surface area contributed by atoms with Crippen molar-refractivity contribution in [2.75, 3.05) is 5.73 Å². The first-order chi connectivity index (χ1) is 6.56. The van der Waals surface area contributed by atoms with Gasteiger partial charge in [0.15, 0.2) is 5.15 Å². The van der Waals surface area contributed by atoms with E-state index in [4.69, 9.17) is 22.6 Å². The van der Waals surface area contributed by atoms with Crippen molar-refractivity contribution in [3.63, 3.8) is 0 Å². The highest BCUT2D eigenvalue weighted by Gasteiger charge is 2.14. The quantitative estimate of drug-likeness (QED) is 0.774. The van der Waals surface area contributed by atoms with Gasteiger partial charge in [0.2, 0.25) is 0 Å². The van der Waals surface area contributed by atoms with Crippen molar-refractivity contribution >= 4 is 17.3 Å². The van der Waals surface area contributed by atoms with Gasteiger partial charge in [-0.2, -0.15) is 5.26 Å². The van der Waals surface area contributed by atoms with E-state index in [1.54, 1.807) is 6.07 Å². The van der Waals surface area contributed by atoms with Crippen LogP contribution in [0.5, 0.6) is 0 Å². The number of pyridine rings is 1. The molecular weight excluding hydrogens is 212 g/mol. The molecule has 6 heteroatoms. The van der Waals surface area contributed by atoms with Crippen LogP contribution < -0.4 is 5.73 Å². The molecule has 0 amide bonds. The zero-order valence-electron chi connectivity index (χ0n) is 6.97. The van der Waals surface area contributed by atoms with Crippen LogP contribution in [-0.2, 0) is 6.42 Å². The first-order valence-corrected chi connectivity index (χ1v) is 4.04. The standard InChI is InChI=1S/C8H6ClF2N3/c9-7-6(13)4(1-2-12)3-5(14-7)8(10)11/h3,8H,1,13H2. The van der Waals surface area contributed by atoms with Gasteiger partial charge in [-0.05, 0) is 11.6 Å². The number of rotatable bonds is 2. The van der Waals surface area contributed by atoms with Crippen molar-refractivity contribution in [2.24, 2.45) is 0 Å². The molecule has 0 atom stereocenters.